The van der Waals surface area contributed by atoms with Crippen molar-refractivity contribution in [2.75, 3.05) is 13.1 Å². The highest BCUT2D eigenvalue weighted by Crippen LogP contribution is 2.35. The number of hydrogen-bond acceptors (Lipinski definition) is 2. The molecule has 1 saturated heterocycles. The Morgan fingerprint density at radius 3 is 2.26 bits per heavy atom. The highest BCUT2D eigenvalue weighted by molar-refractivity contribution is 6.00. The van der Waals surface area contributed by atoms with E-state index in [-0.39, 0.29) is 17.0 Å². The zero-order valence-electron chi connectivity index (χ0n) is 13.5. The Bertz CT molecular complexity index is 658. The molecule has 0 aromatic heterocycles. The third-order valence-electron chi connectivity index (χ3n) is 4.86. The summed E-state index contributed by atoms with van der Waals surface area (Å²) in [6, 6.07) is 16.3. The van der Waals surface area contributed by atoms with Gasteiger partial charge in [-0.25, -0.2) is 4.39 Å². The molecule has 3 heteroatoms. The van der Waals surface area contributed by atoms with Gasteiger partial charge in [-0.3, -0.25) is 9.69 Å². The van der Waals surface area contributed by atoms with E-state index in [0.29, 0.717) is 5.56 Å². The molecule has 2 nitrogen and oxygen atoms in total. The molecule has 0 spiro atoms. The molecule has 0 N–H and O–H groups in total. The number of likely N-dealkylation sites (tertiary alicyclic amines) is 1. The van der Waals surface area contributed by atoms with Gasteiger partial charge in [0.25, 0.3) is 0 Å². The quantitative estimate of drug-likeness (QED) is 0.784. The van der Waals surface area contributed by atoms with Crippen LogP contribution in [-0.2, 0) is 6.54 Å². The molecule has 2 aromatic rings. The standard InChI is InChI=1S/C20H22FNO/c1-20(19(23)17-7-9-18(21)10-8-17)11-13-22(14-12-20)15-16-5-3-2-4-6-16/h2-10H,11-15H2,1H3. The van der Waals surface area contributed by atoms with Gasteiger partial charge in [0.1, 0.15) is 5.82 Å². The summed E-state index contributed by atoms with van der Waals surface area (Å²) in [6.07, 6.45) is 1.69. The summed E-state index contributed by atoms with van der Waals surface area (Å²) in [5, 5.41) is 0. The molecular weight excluding hydrogens is 289 g/mol. The Morgan fingerprint density at radius 1 is 1.04 bits per heavy atom. The summed E-state index contributed by atoms with van der Waals surface area (Å²) in [4.78, 5) is 15.2. The van der Waals surface area contributed by atoms with E-state index in [9.17, 15) is 9.18 Å². The Balaban J connectivity index is 1.62. The molecule has 0 amide bonds. The molecule has 120 valence electrons. The molecule has 1 heterocycles. The van der Waals surface area contributed by atoms with Crippen LogP contribution in [0.25, 0.3) is 0 Å². The predicted molar refractivity (Wildman–Crippen MR) is 89.8 cm³/mol. The summed E-state index contributed by atoms with van der Waals surface area (Å²) in [5.74, 6) is -0.166. The van der Waals surface area contributed by atoms with Gasteiger partial charge in [0.2, 0.25) is 0 Å². The number of piperidine rings is 1. The number of ketones is 1. The van der Waals surface area contributed by atoms with Gasteiger partial charge in [-0.2, -0.15) is 0 Å². The monoisotopic (exact) mass is 311 g/mol. The summed E-state index contributed by atoms with van der Waals surface area (Å²) >= 11 is 0. The van der Waals surface area contributed by atoms with Gasteiger partial charge in [0, 0.05) is 17.5 Å². The van der Waals surface area contributed by atoms with E-state index in [4.69, 9.17) is 0 Å². The number of carbonyl (C=O) groups is 1. The SMILES string of the molecule is CC1(C(=O)c2ccc(F)cc2)CCN(Cc2ccccc2)CC1. The second-order valence-corrected chi connectivity index (χ2v) is 6.66. The zero-order valence-corrected chi connectivity index (χ0v) is 13.5. The van der Waals surface area contributed by atoms with Gasteiger partial charge in [-0.05, 0) is 55.8 Å². The van der Waals surface area contributed by atoms with Gasteiger partial charge in [-0.15, -0.1) is 0 Å². The van der Waals surface area contributed by atoms with Crippen LogP contribution in [-0.4, -0.2) is 23.8 Å². The van der Waals surface area contributed by atoms with Gasteiger partial charge in [-0.1, -0.05) is 37.3 Å². The number of carbonyl (C=O) groups excluding carboxylic acids is 1. The van der Waals surface area contributed by atoms with E-state index in [1.165, 1.54) is 17.7 Å². The third kappa shape index (κ3) is 3.67. The number of Topliss-reactive ketones (excluding diaryl/α,β-unsaturated/α-hetero) is 1. The lowest BCUT2D eigenvalue weighted by atomic mass is 9.74. The summed E-state index contributed by atoms with van der Waals surface area (Å²) in [5.41, 5.74) is 1.58. The minimum Gasteiger partial charge on any atom is -0.299 e. The van der Waals surface area contributed by atoms with Gasteiger partial charge in [0.15, 0.2) is 5.78 Å². The van der Waals surface area contributed by atoms with Crippen molar-refractivity contribution in [2.24, 2.45) is 5.41 Å². The topological polar surface area (TPSA) is 20.3 Å². The lowest BCUT2D eigenvalue weighted by Gasteiger charge is -2.38. The smallest absolute Gasteiger partial charge is 0.168 e. The van der Waals surface area contributed by atoms with Crippen LogP contribution in [0.1, 0.15) is 35.7 Å². The molecule has 0 aliphatic carbocycles. The minimum absolute atomic E-state index is 0.136. The molecule has 23 heavy (non-hydrogen) atoms. The first-order chi connectivity index (χ1) is 11.1. The van der Waals surface area contributed by atoms with Crippen molar-refractivity contribution in [1.82, 2.24) is 4.90 Å². The first-order valence-electron chi connectivity index (χ1n) is 8.13. The van der Waals surface area contributed by atoms with Crippen LogP contribution in [0.4, 0.5) is 4.39 Å². The van der Waals surface area contributed by atoms with Gasteiger partial charge < -0.3 is 0 Å². The normalized spacial score (nSPS) is 17.8. The average molecular weight is 311 g/mol. The zero-order chi connectivity index (χ0) is 16.3. The van der Waals surface area contributed by atoms with Crippen molar-refractivity contribution >= 4 is 5.78 Å². The van der Waals surface area contributed by atoms with E-state index in [0.717, 1.165) is 32.5 Å². The summed E-state index contributed by atoms with van der Waals surface area (Å²) in [7, 11) is 0. The van der Waals surface area contributed by atoms with E-state index >= 15 is 0 Å². The molecule has 0 atom stereocenters. The Morgan fingerprint density at radius 2 is 1.65 bits per heavy atom. The van der Waals surface area contributed by atoms with Crippen LogP contribution in [0.2, 0.25) is 0 Å². The predicted octanol–water partition coefficient (Wildman–Crippen LogP) is 4.31. The van der Waals surface area contributed by atoms with Gasteiger partial charge >= 0.3 is 0 Å². The molecule has 3 rings (SSSR count). The Labute approximate surface area is 136 Å². The number of rotatable bonds is 4. The lowest BCUT2D eigenvalue weighted by Crippen LogP contribution is -2.42. The molecule has 1 fully saturated rings. The molecular formula is C20H22FNO. The first kappa shape index (κ1) is 15.9. The van der Waals surface area contributed by atoms with Crippen molar-refractivity contribution < 1.29 is 9.18 Å². The second kappa shape index (κ2) is 6.63. The number of halogens is 1. The fourth-order valence-corrected chi connectivity index (χ4v) is 3.22. The van der Waals surface area contributed by atoms with Crippen molar-refractivity contribution in [3.63, 3.8) is 0 Å². The minimum atomic E-state index is -0.342. The highest BCUT2D eigenvalue weighted by atomic mass is 19.1. The van der Waals surface area contributed by atoms with E-state index in [2.05, 4.69) is 29.2 Å². The first-order valence-corrected chi connectivity index (χ1v) is 8.13. The largest absolute Gasteiger partial charge is 0.299 e. The highest BCUT2D eigenvalue weighted by Gasteiger charge is 2.37. The van der Waals surface area contributed by atoms with Crippen LogP contribution in [0.3, 0.4) is 0 Å². The van der Waals surface area contributed by atoms with Crippen LogP contribution < -0.4 is 0 Å². The maximum Gasteiger partial charge on any atom is 0.168 e. The molecule has 0 saturated carbocycles. The molecule has 0 radical (unpaired) electrons. The maximum atomic E-state index is 13.0. The van der Waals surface area contributed by atoms with E-state index in [1.807, 2.05) is 13.0 Å². The molecule has 1 aliphatic rings. The fourth-order valence-electron chi connectivity index (χ4n) is 3.22. The summed E-state index contributed by atoms with van der Waals surface area (Å²) in [6.45, 7) is 4.80. The molecule has 0 unspecified atom stereocenters. The van der Waals surface area contributed by atoms with Crippen molar-refractivity contribution in [3.05, 3.63) is 71.5 Å². The lowest BCUT2D eigenvalue weighted by molar-refractivity contribution is 0.0634. The maximum absolute atomic E-state index is 13.0. The molecule has 1 aliphatic heterocycles. The second-order valence-electron chi connectivity index (χ2n) is 6.66. The fraction of sp³-hybridized carbons (Fsp3) is 0.350. The number of hydrogen-bond donors (Lipinski definition) is 0. The third-order valence-corrected chi connectivity index (χ3v) is 4.86. The van der Waals surface area contributed by atoms with E-state index < -0.39 is 0 Å². The van der Waals surface area contributed by atoms with Crippen LogP contribution in [0.15, 0.2) is 54.6 Å². The molecule has 0 bridgehead atoms. The molecule has 2 aromatic carbocycles. The van der Waals surface area contributed by atoms with Crippen LogP contribution in [0, 0.1) is 11.2 Å². The number of benzene rings is 2. The van der Waals surface area contributed by atoms with Crippen LogP contribution >= 0.6 is 0 Å². The van der Waals surface area contributed by atoms with Crippen LogP contribution in [0.5, 0.6) is 0 Å². The van der Waals surface area contributed by atoms with Crippen molar-refractivity contribution in [2.45, 2.75) is 26.3 Å². The Hall–Kier alpha value is -2.00. The Kier molecular flexibility index (Phi) is 4.58. The van der Waals surface area contributed by atoms with Crippen molar-refractivity contribution in [1.29, 1.82) is 0 Å². The van der Waals surface area contributed by atoms with Crippen molar-refractivity contribution in [3.8, 4) is 0 Å². The van der Waals surface area contributed by atoms with E-state index in [1.54, 1.807) is 12.1 Å². The van der Waals surface area contributed by atoms with Gasteiger partial charge in [0.05, 0.1) is 0 Å². The summed E-state index contributed by atoms with van der Waals surface area (Å²) < 4.78 is 13.0. The average Bonchev–Trinajstić information content (AvgIpc) is 2.58. The number of nitrogens with zero attached hydrogens (tertiary/aromatic N) is 1.